The average molecular weight is 445 g/mol. The Labute approximate surface area is 191 Å². The summed E-state index contributed by atoms with van der Waals surface area (Å²) >= 11 is 6.68. The van der Waals surface area contributed by atoms with Gasteiger partial charge in [0.1, 0.15) is 5.82 Å². The van der Waals surface area contributed by atoms with Crippen LogP contribution in [0.1, 0.15) is 16.7 Å². The molecular formula is C26H22ClFN4. The first kappa shape index (κ1) is 20.5. The van der Waals surface area contributed by atoms with Gasteiger partial charge in [-0.25, -0.2) is 9.37 Å². The minimum atomic E-state index is -0.232. The molecule has 5 rings (SSSR count). The standard InChI is InChI=1S/C26H22ClFN4/c27-24-17-31(11-8-19-4-2-10-29-15-19)12-9-23(24)21-6-7-25-26(14-21)32(18-30-25)16-20-3-1-5-22(28)13-20/h1-7,9-10,13-15,17-18H,8,11-12,16H2. The van der Waals surface area contributed by atoms with E-state index in [1.54, 1.807) is 24.7 Å². The fourth-order valence-electron chi connectivity index (χ4n) is 4.00. The van der Waals surface area contributed by atoms with E-state index in [-0.39, 0.29) is 5.82 Å². The van der Waals surface area contributed by atoms with Gasteiger partial charge in [0.15, 0.2) is 0 Å². The summed E-state index contributed by atoms with van der Waals surface area (Å²) in [6, 6.07) is 16.9. The molecule has 1 aliphatic heterocycles. The van der Waals surface area contributed by atoms with E-state index in [9.17, 15) is 4.39 Å². The van der Waals surface area contributed by atoms with Crippen molar-refractivity contribution in [2.75, 3.05) is 13.1 Å². The molecule has 4 nitrogen and oxygen atoms in total. The summed E-state index contributed by atoms with van der Waals surface area (Å²) in [5.74, 6) is -0.232. The summed E-state index contributed by atoms with van der Waals surface area (Å²) in [7, 11) is 0. The summed E-state index contributed by atoms with van der Waals surface area (Å²) in [5.41, 5.74) is 6.07. The Balaban J connectivity index is 1.34. The Hall–Kier alpha value is -3.44. The van der Waals surface area contributed by atoms with Gasteiger partial charge in [0.25, 0.3) is 0 Å². The van der Waals surface area contributed by atoms with Crippen LogP contribution >= 0.6 is 11.6 Å². The number of aromatic nitrogens is 3. The smallest absolute Gasteiger partial charge is 0.123 e. The van der Waals surface area contributed by atoms with Crippen molar-refractivity contribution in [1.29, 1.82) is 0 Å². The van der Waals surface area contributed by atoms with Crippen molar-refractivity contribution in [1.82, 2.24) is 19.4 Å². The zero-order chi connectivity index (χ0) is 21.9. The molecule has 0 saturated heterocycles. The van der Waals surface area contributed by atoms with Crippen LogP contribution in [-0.2, 0) is 13.0 Å². The number of allylic oxidation sites excluding steroid dienone is 2. The Morgan fingerprint density at radius 3 is 2.75 bits per heavy atom. The first-order valence-corrected chi connectivity index (χ1v) is 10.9. The lowest BCUT2D eigenvalue weighted by Gasteiger charge is -2.24. The first-order valence-electron chi connectivity index (χ1n) is 10.6. The molecule has 3 heterocycles. The molecule has 0 saturated carbocycles. The van der Waals surface area contributed by atoms with E-state index >= 15 is 0 Å². The summed E-state index contributed by atoms with van der Waals surface area (Å²) in [4.78, 5) is 10.9. The third-order valence-electron chi connectivity index (χ3n) is 5.67. The highest BCUT2D eigenvalue weighted by atomic mass is 35.5. The van der Waals surface area contributed by atoms with Crippen molar-refractivity contribution in [3.8, 4) is 0 Å². The molecule has 0 fully saturated rings. The predicted molar refractivity (Wildman–Crippen MR) is 127 cm³/mol. The maximum absolute atomic E-state index is 13.6. The molecule has 0 radical (unpaired) electrons. The quantitative estimate of drug-likeness (QED) is 0.386. The van der Waals surface area contributed by atoms with Crippen LogP contribution < -0.4 is 0 Å². The molecule has 6 heteroatoms. The van der Waals surface area contributed by atoms with E-state index < -0.39 is 0 Å². The van der Waals surface area contributed by atoms with E-state index in [1.807, 2.05) is 35.2 Å². The van der Waals surface area contributed by atoms with Crippen molar-refractivity contribution in [2.24, 2.45) is 0 Å². The number of pyridine rings is 1. The monoisotopic (exact) mass is 444 g/mol. The van der Waals surface area contributed by atoms with E-state index in [0.717, 1.165) is 52.3 Å². The van der Waals surface area contributed by atoms with Crippen LogP contribution in [0.4, 0.5) is 4.39 Å². The van der Waals surface area contributed by atoms with Gasteiger partial charge in [0.05, 0.1) is 22.4 Å². The zero-order valence-electron chi connectivity index (χ0n) is 17.5. The second-order valence-electron chi connectivity index (χ2n) is 7.91. The third kappa shape index (κ3) is 4.43. The third-order valence-corrected chi connectivity index (χ3v) is 5.97. The van der Waals surface area contributed by atoms with Crippen LogP contribution in [-0.4, -0.2) is 32.5 Å². The van der Waals surface area contributed by atoms with Gasteiger partial charge >= 0.3 is 0 Å². The Kier molecular flexibility index (Phi) is 5.73. The van der Waals surface area contributed by atoms with E-state index in [4.69, 9.17) is 11.6 Å². The second kappa shape index (κ2) is 8.97. The average Bonchev–Trinajstić information content (AvgIpc) is 3.20. The lowest BCUT2D eigenvalue weighted by Crippen LogP contribution is -2.23. The number of halogens is 2. The van der Waals surface area contributed by atoms with Crippen molar-refractivity contribution in [3.05, 3.63) is 113 Å². The summed E-state index contributed by atoms with van der Waals surface area (Å²) in [6.07, 6.45) is 10.6. The number of hydrogen-bond acceptors (Lipinski definition) is 3. The normalized spacial score (nSPS) is 13.9. The number of fused-ring (bicyclic) bond motifs is 1. The van der Waals surface area contributed by atoms with Crippen molar-refractivity contribution < 1.29 is 4.39 Å². The first-order chi connectivity index (χ1) is 15.7. The van der Waals surface area contributed by atoms with Crippen molar-refractivity contribution in [3.63, 3.8) is 0 Å². The highest BCUT2D eigenvalue weighted by Gasteiger charge is 2.15. The maximum Gasteiger partial charge on any atom is 0.123 e. The molecule has 2 aromatic carbocycles. The van der Waals surface area contributed by atoms with Gasteiger partial charge in [0.2, 0.25) is 0 Å². The Morgan fingerprint density at radius 1 is 1.03 bits per heavy atom. The molecule has 0 amide bonds. The second-order valence-corrected chi connectivity index (χ2v) is 8.31. The number of imidazole rings is 1. The van der Waals surface area contributed by atoms with Crippen LogP contribution in [0.2, 0.25) is 0 Å². The van der Waals surface area contributed by atoms with Crippen molar-refractivity contribution >= 4 is 28.2 Å². The highest BCUT2D eigenvalue weighted by Crippen LogP contribution is 2.31. The zero-order valence-corrected chi connectivity index (χ0v) is 18.2. The Bertz CT molecular complexity index is 1310. The summed E-state index contributed by atoms with van der Waals surface area (Å²) < 4.78 is 15.6. The SMILES string of the molecule is Fc1cccc(Cn2cnc3ccc(C4=CCN(CCc5cccnc5)C=C4Cl)cc32)c1. The molecule has 0 bridgehead atoms. The molecule has 4 aromatic rings. The fraction of sp³-hybridized carbons (Fsp3) is 0.154. The molecular weight excluding hydrogens is 423 g/mol. The van der Waals surface area contributed by atoms with Gasteiger partial charge in [-0.15, -0.1) is 0 Å². The van der Waals surface area contributed by atoms with Gasteiger partial charge in [-0.3, -0.25) is 4.98 Å². The van der Waals surface area contributed by atoms with Crippen molar-refractivity contribution in [2.45, 2.75) is 13.0 Å². The lowest BCUT2D eigenvalue weighted by molar-refractivity contribution is 0.416. The molecule has 160 valence electrons. The van der Waals surface area contributed by atoms with Crippen LogP contribution in [0.25, 0.3) is 16.6 Å². The van der Waals surface area contributed by atoms with Crippen LogP contribution in [0.3, 0.4) is 0 Å². The van der Waals surface area contributed by atoms with E-state index in [1.165, 1.54) is 11.6 Å². The Morgan fingerprint density at radius 2 is 1.94 bits per heavy atom. The van der Waals surface area contributed by atoms with Gasteiger partial charge in [-0.2, -0.15) is 0 Å². The van der Waals surface area contributed by atoms with E-state index in [0.29, 0.717) is 6.54 Å². The molecule has 0 aliphatic carbocycles. The molecule has 0 unspecified atom stereocenters. The van der Waals surface area contributed by atoms with Gasteiger partial charge in [-0.05, 0) is 59.0 Å². The van der Waals surface area contributed by atoms with Crippen LogP contribution in [0.5, 0.6) is 0 Å². The van der Waals surface area contributed by atoms with Gasteiger partial charge in [-0.1, -0.05) is 41.9 Å². The largest absolute Gasteiger partial charge is 0.372 e. The fourth-order valence-corrected chi connectivity index (χ4v) is 4.33. The minimum absolute atomic E-state index is 0.232. The predicted octanol–water partition coefficient (Wildman–Crippen LogP) is 5.64. The number of benzene rings is 2. The summed E-state index contributed by atoms with van der Waals surface area (Å²) in [5, 5.41) is 0.720. The lowest BCUT2D eigenvalue weighted by atomic mass is 10.0. The topological polar surface area (TPSA) is 34.0 Å². The minimum Gasteiger partial charge on any atom is -0.372 e. The van der Waals surface area contributed by atoms with Gasteiger partial charge < -0.3 is 9.47 Å². The van der Waals surface area contributed by atoms with Crippen LogP contribution in [0.15, 0.2) is 90.6 Å². The number of rotatable bonds is 6. The maximum atomic E-state index is 13.6. The molecule has 32 heavy (non-hydrogen) atoms. The molecule has 0 atom stereocenters. The highest BCUT2D eigenvalue weighted by molar-refractivity contribution is 6.37. The molecule has 0 spiro atoms. The number of nitrogens with zero attached hydrogens (tertiary/aromatic N) is 4. The van der Waals surface area contributed by atoms with Gasteiger partial charge in [0, 0.05) is 38.2 Å². The molecule has 0 N–H and O–H groups in total. The molecule has 1 aliphatic rings. The van der Waals surface area contributed by atoms with Crippen LogP contribution in [0, 0.1) is 5.82 Å². The molecule has 2 aromatic heterocycles. The summed E-state index contributed by atoms with van der Waals surface area (Å²) in [6.45, 7) is 2.24. The number of hydrogen-bond donors (Lipinski definition) is 0. The van der Waals surface area contributed by atoms with E-state index in [2.05, 4.69) is 39.1 Å².